The molecule has 98 valence electrons. The van der Waals surface area contributed by atoms with E-state index >= 15 is 0 Å². The molecule has 0 fully saturated rings. The van der Waals surface area contributed by atoms with Gasteiger partial charge >= 0.3 is 0 Å². The van der Waals surface area contributed by atoms with Crippen LogP contribution in [0.25, 0.3) is 21.9 Å². The van der Waals surface area contributed by atoms with Crippen LogP contribution >= 0.6 is 0 Å². The van der Waals surface area contributed by atoms with Crippen molar-refractivity contribution in [1.29, 1.82) is 0 Å². The summed E-state index contributed by atoms with van der Waals surface area (Å²) in [5.41, 5.74) is 2.94. The van der Waals surface area contributed by atoms with Crippen LogP contribution in [0.5, 0.6) is 5.75 Å². The van der Waals surface area contributed by atoms with Crippen molar-refractivity contribution in [2.24, 2.45) is 0 Å². The maximum absolute atomic E-state index is 10.7. The molecule has 0 radical (unpaired) electrons. The number of hydrogen-bond donors (Lipinski definition) is 0. The number of aldehydes is 1. The number of methoxy groups -OCH3 is 1. The summed E-state index contributed by atoms with van der Waals surface area (Å²) in [7, 11) is 1.67. The average Bonchev–Trinajstić information content (AvgIpc) is 2.54. The second-order valence-corrected chi connectivity index (χ2v) is 4.67. The molecule has 0 unspecified atom stereocenters. The Bertz CT molecular complexity index is 758. The first-order chi connectivity index (χ1) is 9.80. The third kappa shape index (κ3) is 2.28. The fourth-order valence-corrected chi connectivity index (χ4v) is 2.28. The van der Waals surface area contributed by atoms with E-state index in [1.165, 1.54) is 5.39 Å². The second kappa shape index (κ2) is 5.17. The Kier molecular flexibility index (Phi) is 3.21. The minimum atomic E-state index is 0.694. The SMILES string of the molecule is COc1ccc2cc(-c3ccc(C=O)cc3)ccc2c1. The zero-order chi connectivity index (χ0) is 13.9. The lowest BCUT2D eigenvalue weighted by atomic mass is 10.0. The van der Waals surface area contributed by atoms with Crippen molar-refractivity contribution in [1.82, 2.24) is 0 Å². The van der Waals surface area contributed by atoms with E-state index in [1.54, 1.807) is 7.11 Å². The highest BCUT2D eigenvalue weighted by Crippen LogP contribution is 2.27. The molecule has 3 rings (SSSR count). The number of fused-ring (bicyclic) bond motifs is 1. The summed E-state index contributed by atoms with van der Waals surface area (Å²) >= 11 is 0. The molecule has 0 aliphatic rings. The van der Waals surface area contributed by atoms with Crippen LogP contribution in [0, 0.1) is 0 Å². The molecule has 0 aromatic heterocycles. The van der Waals surface area contributed by atoms with Gasteiger partial charge in [-0.2, -0.15) is 0 Å². The normalized spacial score (nSPS) is 10.4. The van der Waals surface area contributed by atoms with Crippen LogP contribution in [-0.4, -0.2) is 13.4 Å². The topological polar surface area (TPSA) is 26.3 Å². The van der Waals surface area contributed by atoms with Crippen LogP contribution in [0.4, 0.5) is 0 Å². The molecular weight excluding hydrogens is 248 g/mol. The lowest BCUT2D eigenvalue weighted by Crippen LogP contribution is -1.84. The number of hydrogen-bond acceptors (Lipinski definition) is 2. The van der Waals surface area contributed by atoms with Gasteiger partial charge in [-0.3, -0.25) is 4.79 Å². The zero-order valence-electron chi connectivity index (χ0n) is 11.2. The highest BCUT2D eigenvalue weighted by atomic mass is 16.5. The van der Waals surface area contributed by atoms with Gasteiger partial charge in [0.15, 0.2) is 0 Å². The predicted octanol–water partition coefficient (Wildman–Crippen LogP) is 4.33. The maximum Gasteiger partial charge on any atom is 0.150 e. The van der Waals surface area contributed by atoms with Gasteiger partial charge in [0.1, 0.15) is 12.0 Å². The van der Waals surface area contributed by atoms with Crippen molar-refractivity contribution in [2.45, 2.75) is 0 Å². The molecule has 0 heterocycles. The number of benzene rings is 3. The van der Waals surface area contributed by atoms with Gasteiger partial charge < -0.3 is 4.74 Å². The maximum atomic E-state index is 10.7. The van der Waals surface area contributed by atoms with E-state index in [4.69, 9.17) is 4.74 Å². The van der Waals surface area contributed by atoms with Crippen LogP contribution in [0.1, 0.15) is 10.4 Å². The lowest BCUT2D eigenvalue weighted by molar-refractivity contribution is 0.112. The Morgan fingerprint density at radius 1 is 0.800 bits per heavy atom. The largest absolute Gasteiger partial charge is 0.497 e. The molecule has 3 aromatic carbocycles. The van der Waals surface area contributed by atoms with E-state index < -0.39 is 0 Å². The molecule has 0 saturated carbocycles. The summed E-state index contributed by atoms with van der Waals surface area (Å²) in [6.45, 7) is 0. The van der Waals surface area contributed by atoms with Crippen LogP contribution < -0.4 is 4.74 Å². The Balaban J connectivity index is 2.05. The monoisotopic (exact) mass is 262 g/mol. The van der Waals surface area contributed by atoms with E-state index in [2.05, 4.69) is 24.3 Å². The van der Waals surface area contributed by atoms with Gasteiger partial charge in [0, 0.05) is 5.56 Å². The zero-order valence-corrected chi connectivity index (χ0v) is 11.2. The van der Waals surface area contributed by atoms with Gasteiger partial charge in [-0.05, 0) is 40.1 Å². The minimum Gasteiger partial charge on any atom is -0.497 e. The van der Waals surface area contributed by atoms with Gasteiger partial charge in [-0.25, -0.2) is 0 Å². The van der Waals surface area contributed by atoms with Crippen LogP contribution in [0.15, 0.2) is 60.7 Å². The van der Waals surface area contributed by atoms with Crippen molar-refractivity contribution < 1.29 is 9.53 Å². The van der Waals surface area contributed by atoms with E-state index in [1.807, 2.05) is 36.4 Å². The van der Waals surface area contributed by atoms with Crippen molar-refractivity contribution in [3.05, 3.63) is 66.2 Å². The summed E-state index contributed by atoms with van der Waals surface area (Å²) in [5.74, 6) is 0.862. The van der Waals surface area contributed by atoms with Crippen molar-refractivity contribution >= 4 is 17.1 Å². The lowest BCUT2D eigenvalue weighted by Gasteiger charge is -2.06. The minimum absolute atomic E-state index is 0.694. The first-order valence-corrected chi connectivity index (χ1v) is 6.43. The van der Waals surface area contributed by atoms with Crippen LogP contribution in [0.3, 0.4) is 0 Å². The molecule has 0 amide bonds. The quantitative estimate of drug-likeness (QED) is 0.657. The van der Waals surface area contributed by atoms with E-state index in [9.17, 15) is 4.79 Å². The van der Waals surface area contributed by atoms with E-state index in [-0.39, 0.29) is 0 Å². The Morgan fingerprint density at radius 2 is 1.45 bits per heavy atom. The van der Waals surface area contributed by atoms with Gasteiger partial charge in [-0.15, -0.1) is 0 Å². The summed E-state index contributed by atoms with van der Waals surface area (Å²) < 4.78 is 5.23. The molecule has 0 atom stereocenters. The van der Waals surface area contributed by atoms with Crippen LogP contribution in [0.2, 0.25) is 0 Å². The Hall–Kier alpha value is -2.61. The molecule has 2 nitrogen and oxygen atoms in total. The standard InChI is InChI=1S/C18H14O2/c1-20-18-9-8-16-10-15(6-7-17(16)11-18)14-4-2-13(12-19)3-5-14/h2-12H,1H3. The summed E-state index contributed by atoms with van der Waals surface area (Å²) in [4.78, 5) is 10.7. The third-order valence-electron chi connectivity index (χ3n) is 3.43. The van der Waals surface area contributed by atoms with Crippen LogP contribution in [-0.2, 0) is 0 Å². The number of rotatable bonds is 3. The highest BCUT2D eigenvalue weighted by molar-refractivity contribution is 5.88. The van der Waals surface area contributed by atoms with Gasteiger partial charge in [0.05, 0.1) is 7.11 Å². The molecule has 0 aliphatic heterocycles. The summed E-state index contributed by atoms with van der Waals surface area (Å²) in [6.07, 6.45) is 0.858. The average molecular weight is 262 g/mol. The second-order valence-electron chi connectivity index (χ2n) is 4.67. The van der Waals surface area contributed by atoms with E-state index in [0.29, 0.717) is 5.56 Å². The Morgan fingerprint density at radius 3 is 2.15 bits per heavy atom. The highest BCUT2D eigenvalue weighted by Gasteiger charge is 2.01. The molecule has 0 bridgehead atoms. The number of ether oxygens (including phenoxy) is 1. The molecule has 0 aliphatic carbocycles. The van der Waals surface area contributed by atoms with Gasteiger partial charge in [0.2, 0.25) is 0 Å². The predicted molar refractivity (Wildman–Crippen MR) is 81.3 cm³/mol. The Labute approximate surface area is 117 Å². The van der Waals surface area contributed by atoms with Crippen molar-refractivity contribution in [3.8, 4) is 16.9 Å². The smallest absolute Gasteiger partial charge is 0.150 e. The van der Waals surface area contributed by atoms with E-state index in [0.717, 1.165) is 28.5 Å². The molecule has 0 saturated heterocycles. The number of carbonyl (C=O) groups is 1. The van der Waals surface area contributed by atoms with Crippen molar-refractivity contribution in [2.75, 3.05) is 7.11 Å². The molecule has 20 heavy (non-hydrogen) atoms. The fourth-order valence-electron chi connectivity index (χ4n) is 2.28. The first-order valence-electron chi connectivity index (χ1n) is 6.43. The third-order valence-corrected chi connectivity index (χ3v) is 3.43. The fraction of sp³-hybridized carbons (Fsp3) is 0.0556. The molecular formula is C18H14O2. The van der Waals surface area contributed by atoms with Gasteiger partial charge in [-0.1, -0.05) is 42.5 Å². The molecule has 3 aromatic rings. The summed E-state index contributed by atoms with van der Waals surface area (Å²) in [6, 6.07) is 19.9. The molecule has 0 N–H and O–H groups in total. The summed E-state index contributed by atoms with van der Waals surface area (Å²) in [5, 5.41) is 2.32. The number of carbonyl (C=O) groups excluding carboxylic acids is 1. The molecule has 2 heteroatoms. The van der Waals surface area contributed by atoms with Gasteiger partial charge in [0.25, 0.3) is 0 Å². The molecule has 0 spiro atoms. The van der Waals surface area contributed by atoms with Crippen molar-refractivity contribution in [3.63, 3.8) is 0 Å². The first kappa shape index (κ1) is 12.4.